The van der Waals surface area contributed by atoms with Crippen molar-refractivity contribution >= 4 is 59.2 Å². The van der Waals surface area contributed by atoms with Crippen molar-refractivity contribution in [3.63, 3.8) is 0 Å². The van der Waals surface area contributed by atoms with E-state index in [0.717, 1.165) is 14.3 Å². The number of sulfonamides is 1. The monoisotopic (exact) mass is 554 g/mol. The van der Waals surface area contributed by atoms with Crippen molar-refractivity contribution in [2.75, 3.05) is 16.2 Å². The van der Waals surface area contributed by atoms with Crippen LogP contribution in [0.5, 0.6) is 0 Å². The summed E-state index contributed by atoms with van der Waals surface area (Å²) in [6.45, 7) is 1.33. The number of nitrogens with zero attached hydrogens (tertiary/aromatic N) is 1. The van der Waals surface area contributed by atoms with Crippen LogP contribution in [0.1, 0.15) is 5.56 Å². The molecule has 0 aliphatic carbocycles. The van der Waals surface area contributed by atoms with Crippen molar-refractivity contribution in [1.82, 2.24) is 0 Å². The molecule has 0 fully saturated rings. The third-order valence-corrected chi connectivity index (χ3v) is 7.03. The fraction of sp³-hybridized carbons (Fsp3) is 0.0952. The quantitative estimate of drug-likeness (QED) is 0.437. The van der Waals surface area contributed by atoms with Crippen molar-refractivity contribution in [2.45, 2.75) is 11.8 Å². The van der Waals surface area contributed by atoms with Gasteiger partial charge in [0, 0.05) is 8.95 Å². The van der Waals surface area contributed by atoms with Crippen molar-refractivity contribution in [3.05, 3.63) is 87.1 Å². The Hall–Kier alpha value is -2.23. The minimum absolute atomic E-state index is 0.0355. The fourth-order valence-corrected chi connectivity index (χ4v) is 4.69. The highest BCUT2D eigenvalue weighted by Gasteiger charge is 2.27. The maximum Gasteiger partial charge on any atom is 0.264 e. The molecule has 0 spiro atoms. The van der Waals surface area contributed by atoms with Crippen LogP contribution in [-0.4, -0.2) is 20.9 Å². The summed E-state index contributed by atoms with van der Waals surface area (Å²) in [5, 5.41) is 2.43. The molecule has 9 heteroatoms. The van der Waals surface area contributed by atoms with Crippen LogP contribution in [0, 0.1) is 12.7 Å². The average Bonchev–Trinajstić information content (AvgIpc) is 2.69. The molecule has 0 radical (unpaired) electrons. The van der Waals surface area contributed by atoms with Gasteiger partial charge >= 0.3 is 0 Å². The third-order valence-electron chi connectivity index (χ3n) is 4.22. The standard InChI is InChI=1S/C21H17Br2FN2O3S/c1-14-2-9-18(10-3-14)30(28,29)26(17-7-4-15(22)5-8-17)13-21(27)25-20-11-6-16(23)12-19(20)24/h2-12H,13H2,1H3,(H,25,27). The van der Waals surface area contributed by atoms with Gasteiger partial charge in [-0.3, -0.25) is 9.10 Å². The number of carbonyl (C=O) groups excluding carboxylic acids is 1. The first-order valence-electron chi connectivity index (χ1n) is 8.77. The number of halogens is 3. The van der Waals surface area contributed by atoms with E-state index in [-0.39, 0.29) is 10.6 Å². The van der Waals surface area contributed by atoms with Crippen LogP contribution in [0.25, 0.3) is 0 Å². The Labute approximate surface area is 191 Å². The molecular weight excluding hydrogens is 539 g/mol. The van der Waals surface area contributed by atoms with Crippen LogP contribution in [0.3, 0.4) is 0 Å². The van der Waals surface area contributed by atoms with Crippen LogP contribution in [-0.2, 0) is 14.8 Å². The number of rotatable bonds is 6. The Bertz CT molecular complexity index is 1170. The maximum atomic E-state index is 14.1. The van der Waals surface area contributed by atoms with E-state index >= 15 is 0 Å². The molecule has 0 saturated heterocycles. The van der Waals surface area contributed by atoms with Crippen LogP contribution in [0.4, 0.5) is 15.8 Å². The second kappa shape index (κ2) is 9.28. The highest BCUT2D eigenvalue weighted by Crippen LogP contribution is 2.26. The molecular formula is C21H17Br2FN2O3S. The van der Waals surface area contributed by atoms with Gasteiger partial charge in [-0.15, -0.1) is 0 Å². The Balaban J connectivity index is 1.94. The van der Waals surface area contributed by atoms with Crippen molar-refractivity contribution < 1.29 is 17.6 Å². The summed E-state index contributed by atoms with van der Waals surface area (Å²) in [7, 11) is -4.03. The summed E-state index contributed by atoms with van der Waals surface area (Å²) in [6.07, 6.45) is 0. The van der Waals surface area contributed by atoms with Crippen molar-refractivity contribution in [2.24, 2.45) is 0 Å². The predicted molar refractivity (Wildman–Crippen MR) is 123 cm³/mol. The minimum atomic E-state index is -4.03. The maximum absolute atomic E-state index is 14.1. The fourth-order valence-electron chi connectivity index (χ4n) is 2.67. The van der Waals surface area contributed by atoms with Gasteiger partial charge in [0.25, 0.3) is 10.0 Å². The molecule has 0 bridgehead atoms. The molecule has 1 N–H and O–H groups in total. The van der Waals surface area contributed by atoms with E-state index in [1.54, 1.807) is 42.5 Å². The van der Waals surface area contributed by atoms with Gasteiger partial charge in [-0.1, -0.05) is 49.6 Å². The van der Waals surface area contributed by atoms with Crippen molar-refractivity contribution in [1.29, 1.82) is 0 Å². The van der Waals surface area contributed by atoms with Gasteiger partial charge in [-0.2, -0.15) is 0 Å². The molecule has 0 aliphatic heterocycles. The number of benzene rings is 3. The molecule has 3 rings (SSSR count). The highest BCUT2D eigenvalue weighted by molar-refractivity contribution is 9.10. The van der Waals surface area contributed by atoms with Gasteiger partial charge in [-0.05, 0) is 61.5 Å². The first kappa shape index (κ1) is 22.5. The zero-order valence-corrected chi connectivity index (χ0v) is 19.8. The Morgan fingerprint density at radius 1 is 0.967 bits per heavy atom. The van der Waals surface area contributed by atoms with Gasteiger partial charge in [0.2, 0.25) is 5.91 Å². The van der Waals surface area contributed by atoms with Crippen LogP contribution in [0.2, 0.25) is 0 Å². The van der Waals surface area contributed by atoms with E-state index in [2.05, 4.69) is 37.2 Å². The first-order valence-corrected chi connectivity index (χ1v) is 11.8. The van der Waals surface area contributed by atoms with Gasteiger partial charge in [0.15, 0.2) is 0 Å². The molecule has 0 atom stereocenters. The van der Waals surface area contributed by atoms with E-state index < -0.39 is 28.3 Å². The summed E-state index contributed by atoms with van der Waals surface area (Å²) >= 11 is 6.47. The number of carbonyl (C=O) groups is 1. The smallest absolute Gasteiger partial charge is 0.264 e. The molecule has 30 heavy (non-hydrogen) atoms. The SMILES string of the molecule is Cc1ccc(S(=O)(=O)N(CC(=O)Nc2ccc(Br)cc2F)c2ccc(Br)cc2)cc1. The second-order valence-electron chi connectivity index (χ2n) is 6.47. The van der Waals surface area contributed by atoms with Gasteiger partial charge < -0.3 is 5.32 Å². The topological polar surface area (TPSA) is 66.5 Å². The summed E-state index contributed by atoms with van der Waals surface area (Å²) in [5.41, 5.74) is 1.18. The van der Waals surface area contributed by atoms with Crippen LogP contribution >= 0.6 is 31.9 Å². The summed E-state index contributed by atoms with van der Waals surface area (Å²) in [6, 6.07) is 17.1. The molecule has 3 aromatic carbocycles. The lowest BCUT2D eigenvalue weighted by Gasteiger charge is -2.24. The molecule has 0 saturated carbocycles. The van der Waals surface area contributed by atoms with E-state index in [1.807, 2.05) is 6.92 Å². The molecule has 0 aromatic heterocycles. The Kier molecular flexibility index (Phi) is 6.95. The predicted octanol–water partition coefficient (Wildman–Crippen LogP) is 5.49. The molecule has 156 valence electrons. The number of aryl methyl sites for hydroxylation is 1. The van der Waals surface area contributed by atoms with E-state index in [9.17, 15) is 17.6 Å². The lowest BCUT2D eigenvalue weighted by Crippen LogP contribution is -2.38. The highest BCUT2D eigenvalue weighted by atomic mass is 79.9. The van der Waals surface area contributed by atoms with Crippen LogP contribution < -0.4 is 9.62 Å². The van der Waals surface area contributed by atoms with E-state index in [1.165, 1.54) is 24.3 Å². The molecule has 0 unspecified atom stereocenters. The first-order chi connectivity index (χ1) is 14.2. The van der Waals surface area contributed by atoms with Crippen LogP contribution in [0.15, 0.2) is 80.6 Å². The van der Waals surface area contributed by atoms with E-state index in [4.69, 9.17) is 0 Å². The minimum Gasteiger partial charge on any atom is -0.322 e. The van der Waals surface area contributed by atoms with Gasteiger partial charge in [0.05, 0.1) is 16.3 Å². The normalized spacial score (nSPS) is 11.2. The molecule has 0 heterocycles. The number of nitrogens with one attached hydrogen (secondary N) is 1. The van der Waals surface area contributed by atoms with Gasteiger partial charge in [0.1, 0.15) is 12.4 Å². The lowest BCUT2D eigenvalue weighted by molar-refractivity contribution is -0.114. The number of hydrogen-bond acceptors (Lipinski definition) is 3. The van der Waals surface area contributed by atoms with E-state index in [0.29, 0.717) is 10.2 Å². The van der Waals surface area contributed by atoms with Gasteiger partial charge in [-0.25, -0.2) is 12.8 Å². The average molecular weight is 556 g/mol. The third kappa shape index (κ3) is 5.27. The number of amides is 1. The Morgan fingerprint density at radius 3 is 2.17 bits per heavy atom. The summed E-state index contributed by atoms with van der Waals surface area (Å²) < 4.78 is 42.9. The lowest BCUT2D eigenvalue weighted by atomic mass is 10.2. The molecule has 3 aromatic rings. The zero-order chi connectivity index (χ0) is 21.9. The zero-order valence-electron chi connectivity index (χ0n) is 15.8. The molecule has 0 aliphatic rings. The summed E-state index contributed by atoms with van der Waals surface area (Å²) in [5.74, 6) is -1.30. The number of anilines is 2. The molecule has 1 amide bonds. The Morgan fingerprint density at radius 2 is 1.57 bits per heavy atom. The summed E-state index contributed by atoms with van der Waals surface area (Å²) in [4.78, 5) is 12.7. The number of hydrogen-bond donors (Lipinski definition) is 1. The molecule has 5 nitrogen and oxygen atoms in total. The van der Waals surface area contributed by atoms with Crippen molar-refractivity contribution in [3.8, 4) is 0 Å². The largest absolute Gasteiger partial charge is 0.322 e. The second-order valence-corrected chi connectivity index (χ2v) is 10.2.